The molecule has 0 aromatic carbocycles. The van der Waals surface area contributed by atoms with E-state index in [1.165, 1.54) is 6.07 Å². The molecule has 1 N–H and O–H groups in total. The van der Waals surface area contributed by atoms with Crippen LogP contribution in [0.15, 0.2) is 12.1 Å². The summed E-state index contributed by atoms with van der Waals surface area (Å²) in [6, 6.07) is 3.07. The van der Waals surface area contributed by atoms with Crippen molar-refractivity contribution in [1.82, 2.24) is 4.98 Å². The summed E-state index contributed by atoms with van der Waals surface area (Å²) in [5.41, 5.74) is 0.0916. The van der Waals surface area contributed by atoms with Crippen molar-refractivity contribution in [3.63, 3.8) is 0 Å². The molecule has 6 nitrogen and oxygen atoms in total. The summed E-state index contributed by atoms with van der Waals surface area (Å²) >= 11 is 0. The van der Waals surface area contributed by atoms with E-state index >= 15 is 0 Å². The zero-order valence-corrected chi connectivity index (χ0v) is 13.3. The molecule has 21 heavy (non-hydrogen) atoms. The third-order valence-electron chi connectivity index (χ3n) is 3.25. The van der Waals surface area contributed by atoms with Gasteiger partial charge >= 0.3 is 0 Å². The SMILES string of the molecule is CCCCN(CCCC)c1cc([N+](=O)[O-])cc(NCC)n1. The van der Waals surface area contributed by atoms with Gasteiger partial charge in [0.05, 0.1) is 17.1 Å². The van der Waals surface area contributed by atoms with Crippen LogP contribution in [-0.2, 0) is 0 Å². The van der Waals surface area contributed by atoms with Gasteiger partial charge in [-0.05, 0) is 19.8 Å². The fraction of sp³-hybridized carbons (Fsp3) is 0.667. The molecule has 0 unspecified atom stereocenters. The van der Waals surface area contributed by atoms with Gasteiger partial charge in [0.2, 0.25) is 0 Å². The van der Waals surface area contributed by atoms with Gasteiger partial charge < -0.3 is 10.2 Å². The molecule has 0 saturated heterocycles. The molecule has 0 fully saturated rings. The highest BCUT2D eigenvalue weighted by molar-refractivity contribution is 5.55. The third-order valence-corrected chi connectivity index (χ3v) is 3.25. The molecule has 0 amide bonds. The Labute approximate surface area is 126 Å². The number of hydrogen-bond acceptors (Lipinski definition) is 5. The molecule has 0 saturated carbocycles. The van der Waals surface area contributed by atoms with E-state index in [4.69, 9.17) is 0 Å². The Morgan fingerprint density at radius 2 is 1.81 bits per heavy atom. The molecule has 0 bridgehead atoms. The van der Waals surface area contributed by atoms with Crippen molar-refractivity contribution < 1.29 is 4.92 Å². The van der Waals surface area contributed by atoms with Crippen molar-refractivity contribution in [3.05, 3.63) is 22.2 Å². The van der Waals surface area contributed by atoms with Crippen molar-refractivity contribution in [3.8, 4) is 0 Å². The monoisotopic (exact) mass is 294 g/mol. The van der Waals surface area contributed by atoms with E-state index in [-0.39, 0.29) is 10.6 Å². The van der Waals surface area contributed by atoms with E-state index in [2.05, 4.69) is 29.0 Å². The zero-order chi connectivity index (χ0) is 15.7. The first-order valence-corrected chi connectivity index (χ1v) is 7.77. The maximum atomic E-state index is 11.1. The number of anilines is 2. The van der Waals surface area contributed by atoms with Crippen LogP contribution in [0.4, 0.5) is 17.3 Å². The normalized spacial score (nSPS) is 10.4. The van der Waals surface area contributed by atoms with Gasteiger partial charge in [0.15, 0.2) is 0 Å². The van der Waals surface area contributed by atoms with Gasteiger partial charge in [-0.15, -0.1) is 0 Å². The maximum absolute atomic E-state index is 11.1. The Bertz CT molecular complexity index is 443. The first-order chi connectivity index (χ1) is 10.1. The highest BCUT2D eigenvalue weighted by Crippen LogP contribution is 2.24. The minimum Gasteiger partial charge on any atom is -0.370 e. The number of hydrogen-bond donors (Lipinski definition) is 1. The lowest BCUT2D eigenvalue weighted by Crippen LogP contribution is -2.26. The van der Waals surface area contributed by atoms with E-state index in [0.717, 1.165) is 38.8 Å². The van der Waals surface area contributed by atoms with Crippen LogP contribution in [-0.4, -0.2) is 29.5 Å². The smallest absolute Gasteiger partial charge is 0.276 e. The second-order valence-electron chi connectivity index (χ2n) is 5.05. The molecule has 1 heterocycles. The average molecular weight is 294 g/mol. The second-order valence-corrected chi connectivity index (χ2v) is 5.05. The number of nitrogens with one attached hydrogen (secondary N) is 1. The van der Waals surface area contributed by atoms with Crippen LogP contribution in [0.2, 0.25) is 0 Å². The minimum absolute atomic E-state index is 0.0916. The minimum atomic E-state index is -0.357. The van der Waals surface area contributed by atoms with Crippen molar-refractivity contribution in [2.45, 2.75) is 46.5 Å². The molecule has 1 rings (SSSR count). The van der Waals surface area contributed by atoms with E-state index in [0.29, 0.717) is 18.2 Å². The van der Waals surface area contributed by atoms with Crippen molar-refractivity contribution in [2.24, 2.45) is 0 Å². The van der Waals surface area contributed by atoms with E-state index in [1.54, 1.807) is 6.07 Å². The Morgan fingerprint density at radius 3 is 2.29 bits per heavy atom. The van der Waals surface area contributed by atoms with Crippen LogP contribution in [0.1, 0.15) is 46.5 Å². The lowest BCUT2D eigenvalue weighted by atomic mass is 10.2. The van der Waals surface area contributed by atoms with Crippen LogP contribution in [0.3, 0.4) is 0 Å². The number of rotatable bonds is 10. The molecule has 0 aliphatic heterocycles. The first kappa shape index (κ1) is 17.2. The fourth-order valence-electron chi connectivity index (χ4n) is 2.08. The lowest BCUT2D eigenvalue weighted by Gasteiger charge is -2.24. The molecule has 0 atom stereocenters. The van der Waals surface area contributed by atoms with Crippen LogP contribution in [0.25, 0.3) is 0 Å². The summed E-state index contributed by atoms with van der Waals surface area (Å²) in [7, 11) is 0. The van der Waals surface area contributed by atoms with Crippen molar-refractivity contribution in [2.75, 3.05) is 29.9 Å². The van der Waals surface area contributed by atoms with Gasteiger partial charge in [0.1, 0.15) is 11.6 Å². The van der Waals surface area contributed by atoms with E-state index in [1.807, 2.05) is 6.92 Å². The number of unbranched alkanes of at least 4 members (excludes halogenated alkanes) is 2. The van der Waals surface area contributed by atoms with Gasteiger partial charge in [-0.25, -0.2) is 4.98 Å². The third kappa shape index (κ3) is 5.57. The van der Waals surface area contributed by atoms with Gasteiger partial charge in [0.25, 0.3) is 5.69 Å². The second kappa shape index (κ2) is 9.15. The Hall–Kier alpha value is -1.85. The molecule has 1 aromatic heterocycles. The van der Waals surface area contributed by atoms with Crippen molar-refractivity contribution in [1.29, 1.82) is 0 Å². The largest absolute Gasteiger partial charge is 0.370 e. The molecule has 1 aromatic rings. The van der Waals surface area contributed by atoms with Gasteiger partial charge in [-0.3, -0.25) is 10.1 Å². The van der Waals surface area contributed by atoms with Gasteiger partial charge in [-0.1, -0.05) is 26.7 Å². The standard InChI is InChI=1S/C15H26N4O2/c1-4-7-9-18(10-8-5-2)15-12-13(19(20)21)11-14(17-15)16-6-3/h11-12H,4-10H2,1-3H3,(H,16,17). The van der Waals surface area contributed by atoms with E-state index < -0.39 is 0 Å². The molecule has 0 aliphatic carbocycles. The number of nitrogens with zero attached hydrogens (tertiary/aromatic N) is 3. The fourth-order valence-corrected chi connectivity index (χ4v) is 2.08. The highest BCUT2D eigenvalue weighted by atomic mass is 16.6. The van der Waals surface area contributed by atoms with Crippen LogP contribution in [0, 0.1) is 10.1 Å². The summed E-state index contributed by atoms with van der Waals surface area (Å²) in [6.45, 7) is 8.70. The average Bonchev–Trinajstić information content (AvgIpc) is 2.47. The molecular weight excluding hydrogens is 268 g/mol. The van der Waals surface area contributed by atoms with Crippen molar-refractivity contribution >= 4 is 17.3 Å². The summed E-state index contributed by atoms with van der Waals surface area (Å²) in [5, 5.41) is 14.2. The Kier molecular flexibility index (Phi) is 7.50. The Balaban J connectivity index is 3.05. The summed E-state index contributed by atoms with van der Waals surface area (Å²) in [4.78, 5) is 17.4. The van der Waals surface area contributed by atoms with Crippen LogP contribution < -0.4 is 10.2 Å². The van der Waals surface area contributed by atoms with Crippen LogP contribution >= 0.6 is 0 Å². The van der Waals surface area contributed by atoms with Crippen LogP contribution in [0.5, 0.6) is 0 Å². The molecule has 0 radical (unpaired) electrons. The zero-order valence-electron chi connectivity index (χ0n) is 13.3. The summed E-state index contributed by atoms with van der Waals surface area (Å²) in [6.07, 6.45) is 4.31. The predicted molar refractivity (Wildman–Crippen MR) is 87.1 cm³/mol. The first-order valence-electron chi connectivity index (χ1n) is 7.77. The molecule has 0 aliphatic rings. The van der Waals surface area contributed by atoms with Gasteiger partial charge in [-0.2, -0.15) is 0 Å². The van der Waals surface area contributed by atoms with E-state index in [9.17, 15) is 10.1 Å². The maximum Gasteiger partial charge on any atom is 0.276 e. The summed E-state index contributed by atoms with van der Waals surface area (Å²) in [5.74, 6) is 1.27. The lowest BCUT2D eigenvalue weighted by molar-refractivity contribution is -0.384. The molecular formula is C15H26N4O2. The molecule has 6 heteroatoms. The summed E-state index contributed by atoms with van der Waals surface area (Å²) < 4.78 is 0. The predicted octanol–water partition coefficient (Wildman–Crippen LogP) is 3.83. The van der Waals surface area contributed by atoms with Gasteiger partial charge in [0, 0.05) is 19.6 Å². The quantitative estimate of drug-likeness (QED) is 0.524. The molecule has 118 valence electrons. The number of pyridine rings is 1. The Morgan fingerprint density at radius 1 is 1.19 bits per heavy atom. The number of aromatic nitrogens is 1. The topological polar surface area (TPSA) is 71.3 Å². The highest BCUT2D eigenvalue weighted by Gasteiger charge is 2.15. The molecule has 0 spiro atoms. The number of nitro groups is 1.